The lowest BCUT2D eigenvalue weighted by Gasteiger charge is -2.17. The van der Waals surface area contributed by atoms with Gasteiger partial charge in [-0.2, -0.15) is 0 Å². The predicted molar refractivity (Wildman–Crippen MR) is 75.6 cm³/mol. The number of rotatable bonds is 2. The first-order valence-corrected chi connectivity index (χ1v) is 7.01. The molecule has 0 atom stereocenters. The molecule has 0 radical (unpaired) electrons. The van der Waals surface area contributed by atoms with Crippen molar-refractivity contribution in [3.63, 3.8) is 0 Å². The highest BCUT2D eigenvalue weighted by Gasteiger charge is 2.13. The van der Waals surface area contributed by atoms with E-state index >= 15 is 0 Å². The molecule has 1 aromatic carbocycles. The molecule has 18 heavy (non-hydrogen) atoms. The SMILES string of the molecule is CNc1sc(-c2ccc3c(c2)CCCO3)nc1C. The van der Waals surface area contributed by atoms with Crippen LogP contribution < -0.4 is 10.1 Å². The molecule has 0 bridgehead atoms. The summed E-state index contributed by atoms with van der Waals surface area (Å²) in [7, 11) is 1.94. The van der Waals surface area contributed by atoms with Gasteiger partial charge in [0.1, 0.15) is 15.8 Å². The molecule has 0 saturated heterocycles. The van der Waals surface area contributed by atoms with E-state index in [4.69, 9.17) is 4.74 Å². The van der Waals surface area contributed by atoms with Gasteiger partial charge in [-0.25, -0.2) is 4.98 Å². The number of hydrogen-bond acceptors (Lipinski definition) is 4. The van der Waals surface area contributed by atoms with Gasteiger partial charge in [0.25, 0.3) is 0 Å². The minimum atomic E-state index is 0.840. The standard InChI is InChI=1S/C14H16N2OS/c1-9-13(15-2)18-14(16-9)11-5-6-12-10(8-11)4-3-7-17-12/h5-6,8,15H,3-4,7H2,1-2H3. The van der Waals surface area contributed by atoms with Crippen LogP contribution in [0.3, 0.4) is 0 Å². The molecule has 1 aliphatic heterocycles. The zero-order chi connectivity index (χ0) is 12.5. The third kappa shape index (κ3) is 1.97. The lowest BCUT2D eigenvalue weighted by Crippen LogP contribution is -2.07. The second-order valence-corrected chi connectivity index (χ2v) is 5.46. The van der Waals surface area contributed by atoms with Crippen LogP contribution in [0.5, 0.6) is 5.75 Å². The van der Waals surface area contributed by atoms with Crippen LogP contribution in [0.15, 0.2) is 18.2 Å². The molecule has 1 aromatic heterocycles. The van der Waals surface area contributed by atoms with Crippen molar-refractivity contribution in [1.29, 1.82) is 0 Å². The number of thiazole rings is 1. The zero-order valence-electron chi connectivity index (χ0n) is 10.6. The van der Waals surface area contributed by atoms with Gasteiger partial charge in [0.2, 0.25) is 0 Å². The molecule has 0 aliphatic carbocycles. The van der Waals surface area contributed by atoms with Crippen LogP contribution in [0.1, 0.15) is 17.7 Å². The fourth-order valence-corrected chi connectivity index (χ4v) is 3.16. The van der Waals surface area contributed by atoms with Crippen LogP contribution in [0.25, 0.3) is 10.6 Å². The topological polar surface area (TPSA) is 34.1 Å². The Balaban J connectivity index is 2.00. The monoisotopic (exact) mass is 260 g/mol. The molecule has 2 aromatic rings. The Morgan fingerprint density at radius 2 is 2.28 bits per heavy atom. The van der Waals surface area contributed by atoms with Gasteiger partial charge in [-0.15, -0.1) is 0 Å². The second-order valence-electron chi connectivity index (χ2n) is 4.46. The van der Waals surface area contributed by atoms with Crippen LogP contribution in [0, 0.1) is 6.92 Å². The number of ether oxygens (including phenoxy) is 1. The number of fused-ring (bicyclic) bond motifs is 1. The third-order valence-corrected chi connectivity index (χ3v) is 4.40. The maximum atomic E-state index is 5.64. The Kier molecular flexibility index (Phi) is 2.96. The highest BCUT2D eigenvalue weighted by Crippen LogP contribution is 2.34. The van der Waals surface area contributed by atoms with Crippen molar-refractivity contribution in [2.75, 3.05) is 19.0 Å². The molecule has 3 rings (SSSR count). The predicted octanol–water partition coefficient (Wildman–Crippen LogP) is 3.49. The number of anilines is 1. The maximum Gasteiger partial charge on any atom is 0.125 e. The lowest BCUT2D eigenvalue weighted by atomic mass is 10.0. The average molecular weight is 260 g/mol. The largest absolute Gasteiger partial charge is 0.493 e. The molecule has 4 heteroatoms. The number of nitrogens with one attached hydrogen (secondary N) is 1. The maximum absolute atomic E-state index is 5.64. The van der Waals surface area contributed by atoms with E-state index < -0.39 is 0 Å². The number of aromatic nitrogens is 1. The van der Waals surface area contributed by atoms with E-state index in [9.17, 15) is 0 Å². The number of aryl methyl sites for hydroxylation is 2. The van der Waals surface area contributed by atoms with Crippen molar-refractivity contribution < 1.29 is 4.74 Å². The van der Waals surface area contributed by atoms with Crippen molar-refractivity contribution in [2.45, 2.75) is 19.8 Å². The van der Waals surface area contributed by atoms with Crippen LogP contribution >= 0.6 is 11.3 Å². The molecule has 94 valence electrons. The highest BCUT2D eigenvalue weighted by molar-refractivity contribution is 7.19. The Labute approximate surface area is 111 Å². The highest BCUT2D eigenvalue weighted by atomic mass is 32.1. The first kappa shape index (κ1) is 11.5. The smallest absolute Gasteiger partial charge is 0.125 e. The third-order valence-electron chi connectivity index (χ3n) is 3.18. The van der Waals surface area contributed by atoms with Crippen molar-refractivity contribution in [3.8, 4) is 16.3 Å². The summed E-state index contributed by atoms with van der Waals surface area (Å²) >= 11 is 1.70. The zero-order valence-corrected chi connectivity index (χ0v) is 11.4. The van der Waals surface area contributed by atoms with Crippen LogP contribution in [0.4, 0.5) is 5.00 Å². The Hall–Kier alpha value is -1.55. The lowest BCUT2D eigenvalue weighted by molar-refractivity contribution is 0.288. The van der Waals surface area contributed by atoms with E-state index in [1.54, 1.807) is 11.3 Å². The summed E-state index contributed by atoms with van der Waals surface area (Å²) in [5.41, 5.74) is 3.55. The van der Waals surface area contributed by atoms with Gasteiger partial charge in [-0.3, -0.25) is 0 Å². The first-order valence-electron chi connectivity index (χ1n) is 6.19. The number of benzene rings is 1. The van der Waals surface area contributed by atoms with E-state index in [0.29, 0.717) is 0 Å². The quantitative estimate of drug-likeness (QED) is 0.897. The van der Waals surface area contributed by atoms with Gasteiger partial charge in [-0.1, -0.05) is 11.3 Å². The molecule has 3 nitrogen and oxygen atoms in total. The van der Waals surface area contributed by atoms with Gasteiger partial charge in [0, 0.05) is 12.6 Å². The molecule has 0 fully saturated rings. The molecular weight excluding hydrogens is 244 g/mol. The second kappa shape index (κ2) is 4.61. The van der Waals surface area contributed by atoms with E-state index in [0.717, 1.165) is 40.9 Å². The van der Waals surface area contributed by atoms with Crippen LogP contribution in [0.2, 0.25) is 0 Å². The Morgan fingerprint density at radius 3 is 3.06 bits per heavy atom. The van der Waals surface area contributed by atoms with Gasteiger partial charge in [-0.05, 0) is 43.5 Å². The molecule has 0 saturated carbocycles. The van der Waals surface area contributed by atoms with E-state index in [-0.39, 0.29) is 0 Å². The van der Waals surface area contributed by atoms with Crippen molar-refractivity contribution in [1.82, 2.24) is 4.98 Å². The summed E-state index contributed by atoms with van der Waals surface area (Å²) in [5.74, 6) is 1.03. The Bertz CT molecular complexity index is 577. The van der Waals surface area contributed by atoms with E-state index in [2.05, 4.69) is 28.5 Å². The summed E-state index contributed by atoms with van der Waals surface area (Å²) in [4.78, 5) is 4.62. The minimum Gasteiger partial charge on any atom is -0.493 e. The summed E-state index contributed by atoms with van der Waals surface area (Å²) in [6.07, 6.45) is 2.21. The average Bonchev–Trinajstić information content (AvgIpc) is 2.79. The van der Waals surface area contributed by atoms with Gasteiger partial charge in [0.15, 0.2) is 0 Å². The van der Waals surface area contributed by atoms with Crippen molar-refractivity contribution in [2.24, 2.45) is 0 Å². The van der Waals surface area contributed by atoms with Crippen LogP contribution in [-0.2, 0) is 6.42 Å². The summed E-state index contributed by atoms with van der Waals surface area (Å²) < 4.78 is 5.64. The van der Waals surface area contributed by atoms with Gasteiger partial charge >= 0.3 is 0 Å². The molecule has 0 unspecified atom stereocenters. The van der Waals surface area contributed by atoms with Crippen molar-refractivity contribution in [3.05, 3.63) is 29.5 Å². The molecule has 0 amide bonds. The summed E-state index contributed by atoms with van der Waals surface area (Å²) in [5, 5.41) is 5.39. The molecule has 1 N–H and O–H groups in total. The fourth-order valence-electron chi connectivity index (χ4n) is 2.25. The van der Waals surface area contributed by atoms with E-state index in [1.165, 1.54) is 11.1 Å². The molecule has 1 aliphatic rings. The number of hydrogen-bond donors (Lipinski definition) is 1. The van der Waals surface area contributed by atoms with Gasteiger partial charge in [0.05, 0.1) is 12.3 Å². The Morgan fingerprint density at radius 1 is 1.39 bits per heavy atom. The normalized spacial score (nSPS) is 13.9. The summed E-state index contributed by atoms with van der Waals surface area (Å²) in [6.45, 7) is 2.87. The summed E-state index contributed by atoms with van der Waals surface area (Å²) in [6, 6.07) is 6.38. The number of nitrogens with zero attached hydrogens (tertiary/aromatic N) is 1. The fraction of sp³-hybridized carbons (Fsp3) is 0.357. The molecular formula is C14H16N2OS. The minimum absolute atomic E-state index is 0.840. The van der Waals surface area contributed by atoms with E-state index in [1.807, 2.05) is 14.0 Å². The van der Waals surface area contributed by atoms with Gasteiger partial charge < -0.3 is 10.1 Å². The first-order chi connectivity index (χ1) is 8.78. The van der Waals surface area contributed by atoms with Crippen LogP contribution in [-0.4, -0.2) is 18.6 Å². The molecule has 2 heterocycles. The van der Waals surface area contributed by atoms with Crippen molar-refractivity contribution >= 4 is 16.3 Å². The molecule has 0 spiro atoms.